The van der Waals surface area contributed by atoms with Crippen LogP contribution in [0.3, 0.4) is 0 Å². The number of hydrogen-bond donors (Lipinski definition) is 0. The molecule has 0 aliphatic carbocycles. The lowest BCUT2D eigenvalue weighted by atomic mass is 9.80. The highest BCUT2D eigenvalue weighted by Crippen LogP contribution is 2.34. The number of aryl methyl sites for hydroxylation is 2. The molecule has 2 aromatic carbocycles. The van der Waals surface area contributed by atoms with Crippen molar-refractivity contribution in [3.8, 4) is 0 Å². The fourth-order valence-electron chi connectivity index (χ4n) is 2.82. The first kappa shape index (κ1) is 17.5. The number of allylic oxidation sites excluding steroid dienone is 1. The second kappa shape index (κ2) is 6.32. The van der Waals surface area contributed by atoms with Crippen LogP contribution in [0.4, 0.5) is 0 Å². The number of hydrogen-bond acceptors (Lipinski definition) is 2. The van der Waals surface area contributed by atoms with Gasteiger partial charge < -0.3 is 0 Å². The first-order chi connectivity index (χ1) is 10.6. The van der Waals surface area contributed by atoms with Crippen LogP contribution in [-0.4, -0.2) is 8.42 Å². The van der Waals surface area contributed by atoms with Crippen LogP contribution >= 0.6 is 0 Å². The normalized spacial score (nSPS) is 12.2. The summed E-state index contributed by atoms with van der Waals surface area (Å²) < 4.78 is 25.4. The molecule has 0 unspecified atom stereocenters. The van der Waals surface area contributed by atoms with E-state index in [1.165, 1.54) is 11.1 Å². The molecule has 3 heteroatoms. The highest BCUT2D eigenvalue weighted by Gasteiger charge is 2.28. The first-order valence-electron chi connectivity index (χ1n) is 7.69. The Kier molecular flexibility index (Phi) is 4.81. The third-order valence-electron chi connectivity index (χ3n) is 4.08. The van der Waals surface area contributed by atoms with Gasteiger partial charge in [0.05, 0.1) is 4.90 Å². The number of benzene rings is 2. The highest BCUT2D eigenvalue weighted by molar-refractivity contribution is 7.95. The van der Waals surface area contributed by atoms with Crippen molar-refractivity contribution in [2.24, 2.45) is 0 Å². The average molecular weight is 328 g/mol. The Morgan fingerprint density at radius 3 is 2.04 bits per heavy atom. The summed E-state index contributed by atoms with van der Waals surface area (Å²) >= 11 is 0. The zero-order valence-corrected chi connectivity index (χ0v) is 15.1. The van der Waals surface area contributed by atoms with E-state index in [1.807, 2.05) is 0 Å². The lowest BCUT2D eigenvalue weighted by molar-refractivity contribution is 0.522. The predicted octanol–water partition coefficient (Wildman–Crippen LogP) is 4.96. The molecule has 0 saturated carbocycles. The van der Waals surface area contributed by atoms with Gasteiger partial charge in [-0.25, -0.2) is 8.42 Å². The summed E-state index contributed by atoms with van der Waals surface area (Å²) in [5, 5.41) is 0. The van der Waals surface area contributed by atoms with Gasteiger partial charge in [-0.05, 0) is 43.4 Å². The van der Waals surface area contributed by atoms with Gasteiger partial charge >= 0.3 is 0 Å². The van der Waals surface area contributed by atoms with Gasteiger partial charge in [0.25, 0.3) is 0 Å². The summed E-state index contributed by atoms with van der Waals surface area (Å²) in [6.07, 6.45) is 0.396. The van der Waals surface area contributed by atoms with Crippen LogP contribution in [0.15, 0.2) is 64.9 Å². The van der Waals surface area contributed by atoms with Crippen LogP contribution in [0.5, 0.6) is 0 Å². The molecule has 2 nitrogen and oxygen atoms in total. The van der Waals surface area contributed by atoms with Gasteiger partial charge in [-0.1, -0.05) is 68.0 Å². The fourth-order valence-corrected chi connectivity index (χ4v) is 4.22. The van der Waals surface area contributed by atoms with E-state index >= 15 is 0 Å². The Balaban J connectivity index is 2.31. The molecule has 122 valence electrons. The van der Waals surface area contributed by atoms with Gasteiger partial charge in [0.2, 0.25) is 9.84 Å². The summed E-state index contributed by atoms with van der Waals surface area (Å²) in [5.41, 5.74) is 3.21. The number of sulfone groups is 1. The van der Waals surface area contributed by atoms with Crippen LogP contribution < -0.4 is 0 Å². The van der Waals surface area contributed by atoms with E-state index in [4.69, 9.17) is 0 Å². The number of rotatable bonds is 5. The molecule has 0 saturated heterocycles. The topological polar surface area (TPSA) is 34.1 Å². The maximum absolute atomic E-state index is 12.7. The molecule has 0 bridgehead atoms. The van der Waals surface area contributed by atoms with E-state index < -0.39 is 9.84 Å². The molecule has 0 radical (unpaired) electrons. The summed E-state index contributed by atoms with van der Waals surface area (Å²) in [5.74, 6) is 0. The largest absolute Gasteiger partial charge is 0.219 e. The Labute approximate surface area is 139 Å². The lowest BCUT2D eigenvalue weighted by Crippen LogP contribution is -2.21. The van der Waals surface area contributed by atoms with Gasteiger partial charge in [-0.2, -0.15) is 0 Å². The van der Waals surface area contributed by atoms with Gasteiger partial charge in [0.1, 0.15) is 0 Å². The Morgan fingerprint density at radius 1 is 1.00 bits per heavy atom. The van der Waals surface area contributed by atoms with Crippen molar-refractivity contribution < 1.29 is 8.42 Å². The minimum atomic E-state index is -3.49. The smallest absolute Gasteiger partial charge is 0.202 e. The molecule has 0 fully saturated rings. The average Bonchev–Trinajstić information content (AvgIpc) is 2.46. The van der Waals surface area contributed by atoms with Gasteiger partial charge in [-0.3, -0.25) is 0 Å². The van der Waals surface area contributed by atoms with Crippen LogP contribution in [0.1, 0.15) is 37.0 Å². The molecule has 0 aliphatic heterocycles. The lowest BCUT2D eigenvalue weighted by Gasteiger charge is -2.27. The van der Waals surface area contributed by atoms with Crippen LogP contribution in [-0.2, 0) is 15.3 Å². The molecule has 23 heavy (non-hydrogen) atoms. The molecule has 2 rings (SSSR count). The Bertz CT molecular complexity index is 796. The fraction of sp³-hybridized carbons (Fsp3) is 0.300. The van der Waals surface area contributed by atoms with E-state index in [0.717, 1.165) is 5.56 Å². The summed E-state index contributed by atoms with van der Waals surface area (Å²) in [6.45, 7) is 12.1. The van der Waals surface area contributed by atoms with E-state index in [-0.39, 0.29) is 10.3 Å². The Hall–Kier alpha value is -1.87. The van der Waals surface area contributed by atoms with Crippen LogP contribution in [0.25, 0.3) is 0 Å². The van der Waals surface area contributed by atoms with E-state index in [1.54, 1.807) is 30.3 Å². The van der Waals surface area contributed by atoms with Crippen LogP contribution in [0.2, 0.25) is 0 Å². The zero-order valence-electron chi connectivity index (χ0n) is 14.3. The molecule has 2 aromatic rings. The molecular weight excluding hydrogens is 304 g/mol. The Morgan fingerprint density at radius 2 is 1.52 bits per heavy atom. The standard InChI is InChI=1S/C20H24O2S/c1-15-11-16(2)13-18(12-15)20(4,5)14-17(3)23(21,22)19-9-7-6-8-10-19/h6-13H,3,14H2,1-2,4-5H3. The quantitative estimate of drug-likeness (QED) is 0.777. The molecule has 0 atom stereocenters. The maximum Gasteiger partial charge on any atom is 0.202 e. The van der Waals surface area contributed by atoms with Crippen molar-refractivity contribution in [3.63, 3.8) is 0 Å². The third kappa shape index (κ3) is 3.91. The summed E-state index contributed by atoms with van der Waals surface area (Å²) in [4.78, 5) is 0.564. The molecule has 0 aliphatic rings. The SMILES string of the molecule is C=C(CC(C)(C)c1cc(C)cc(C)c1)S(=O)(=O)c1ccccc1. The van der Waals surface area contributed by atoms with Crippen molar-refractivity contribution >= 4 is 9.84 Å². The maximum atomic E-state index is 12.7. The monoisotopic (exact) mass is 328 g/mol. The minimum absolute atomic E-state index is 0.257. The second-order valence-corrected chi connectivity index (χ2v) is 8.85. The van der Waals surface area contributed by atoms with Crippen molar-refractivity contribution in [3.05, 3.63) is 76.7 Å². The third-order valence-corrected chi connectivity index (χ3v) is 5.87. The van der Waals surface area contributed by atoms with Crippen molar-refractivity contribution in [2.75, 3.05) is 0 Å². The van der Waals surface area contributed by atoms with E-state index in [2.05, 4.69) is 52.5 Å². The van der Waals surface area contributed by atoms with Gasteiger partial charge in [-0.15, -0.1) is 0 Å². The summed E-state index contributed by atoms with van der Waals surface area (Å²) in [7, 11) is -3.49. The molecule has 0 amide bonds. The van der Waals surface area contributed by atoms with Crippen LogP contribution in [0, 0.1) is 13.8 Å². The van der Waals surface area contributed by atoms with Crippen molar-refractivity contribution in [2.45, 2.75) is 44.4 Å². The minimum Gasteiger partial charge on any atom is -0.219 e. The van der Waals surface area contributed by atoms with Crippen molar-refractivity contribution in [1.82, 2.24) is 0 Å². The molecule has 0 N–H and O–H groups in total. The van der Waals surface area contributed by atoms with Gasteiger partial charge in [0.15, 0.2) is 0 Å². The summed E-state index contributed by atoms with van der Waals surface area (Å²) in [6, 6.07) is 14.9. The first-order valence-corrected chi connectivity index (χ1v) is 9.18. The van der Waals surface area contributed by atoms with Gasteiger partial charge in [0, 0.05) is 4.91 Å². The molecule has 0 aromatic heterocycles. The van der Waals surface area contributed by atoms with E-state index in [0.29, 0.717) is 11.3 Å². The second-order valence-electron chi connectivity index (χ2n) is 6.79. The van der Waals surface area contributed by atoms with Crippen molar-refractivity contribution in [1.29, 1.82) is 0 Å². The van der Waals surface area contributed by atoms with E-state index in [9.17, 15) is 8.42 Å². The predicted molar refractivity (Wildman–Crippen MR) is 96.3 cm³/mol. The molecule has 0 heterocycles. The molecular formula is C20H24O2S. The zero-order chi connectivity index (χ0) is 17.3. The molecule has 0 spiro atoms. The highest BCUT2D eigenvalue weighted by atomic mass is 32.2.